The van der Waals surface area contributed by atoms with E-state index in [1.54, 1.807) is 12.0 Å². The maximum Gasteiger partial charge on any atom is 0.343 e. The van der Waals surface area contributed by atoms with E-state index in [2.05, 4.69) is 4.98 Å². The Morgan fingerprint density at radius 2 is 2.00 bits per heavy atom. The molecule has 3 aromatic rings. The highest BCUT2D eigenvalue weighted by Crippen LogP contribution is 2.56. The summed E-state index contributed by atoms with van der Waals surface area (Å²) in [5.74, 6) is 0.350. The van der Waals surface area contributed by atoms with Crippen LogP contribution in [-0.4, -0.2) is 28.8 Å². The third kappa shape index (κ3) is 3.07. The van der Waals surface area contributed by atoms with E-state index in [1.165, 1.54) is 23.1 Å². The number of methoxy groups -OCH3 is 1. The molecule has 1 fully saturated rings. The molecule has 2 aliphatic heterocycles. The summed E-state index contributed by atoms with van der Waals surface area (Å²) in [6.07, 6.45) is 0.785. The molecule has 1 saturated heterocycles. The lowest BCUT2D eigenvalue weighted by atomic mass is 10.2. The van der Waals surface area contributed by atoms with E-state index in [9.17, 15) is 9.59 Å². The summed E-state index contributed by atoms with van der Waals surface area (Å²) in [5.41, 5.74) is 2.45. The number of carbonyl (C=O) groups excluding carboxylic acids is 2. The minimum atomic E-state index is -1.00. The van der Waals surface area contributed by atoms with Crippen molar-refractivity contribution in [2.45, 2.75) is 29.2 Å². The maximum absolute atomic E-state index is 13.1. The van der Waals surface area contributed by atoms with Crippen molar-refractivity contribution < 1.29 is 19.1 Å². The number of thiazole rings is 1. The zero-order chi connectivity index (χ0) is 20.7. The third-order valence-corrected chi connectivity index (χ3v) is 7.63. The molecule has 3 heterocycles. The van der Waals surface area contributed by atoms with Crippen LogP contribution in [0.3, 0.4) is 0 Å². The van der Waals surface area contributed by atoms with Gasteiger partial charge in [-0.1, -0.05) is 23.9 Å². The standard InChI is InChI=1S/C22H18N2O4S2/c1-27-16-8-6-14(7-9-16)20-23-15(13-29-20)12-28-21(26)22-11-10-19(25)24(22)17-4-2-3-5-18(17)30-22/h2-9,13H,10-12H2,1H3/t22-/m1/s1. The average Bonchev–Trinajstić information content (AvgIpc) is 3.46. The van der Waals surface area contributed by atoms with Crippen LogP contribution in [0.2, 0.25) is 0 Å². The van der Waals surface area contributed by atoms with Gasteiger partial charge in [0.2, 0.25) is 5.91 Å². The zero-order valence-corrected chi connectivity index (χ0v) is 17.8. The van der Waals surface area contributed by atoms with Crippen molar-refractivity contribution in [3.8, 4) is 16.3 Å². The lowest BCUT2D eigenvalue weighted by Crippen LogP contribution is -2.47. The first-order valence-electron chi connectivity index (χ1n) is 9.48. The van der Waals surface area contributed by atoms with Crippen molar-refractivity contribution in [3.05, 3.63) is 59.6 Å². The van der Waals surface area contributed by atoms with Gasteiger partial charge in [0.25, 0.3) is 0 Å². The number of aromatic nitrogens is 1. The summed E-state index contributed by atoms with van der Waals surface area (Å²) in [4.78, 5) is 31.7. The van der Waals surface area contributed by atoms with Gasteiger partial charge in [-0.15, -0.1) is 11.3 Å². The molecule has 0 radical (unpaired) electrons. The molecule has 0 unspecified atom stereocenters. The highest BCUT2D eigenvalue weighted by Gasteiger charge is 2.58. The van der Waals surface area contributed by atoms with Crippen LogP contribution >= 0.6 is 23.1 Å². The second kappa shape index (κ2) is 7.45. The molecule has 0 saturated carbocycles. The van der Waals surface area contributed by atoms with Crippen LogP contribution in [0, 0.1) is 0 Å². The number of amides is 1. The number of esters is 1. The van der Waals surface area contributed by atoms with Crippen LogP contribution in [0.1, 0.15) is 18.5 Å². The number of benzene rings is 2. The molecule has 2 aliphatic rings. The molecule has 0 N–H and O–H groups in total. The lowest BCUT2D eigenvalue weighted by Gasteiger charge is -2.28. The molecule has 1 atom stereocenters. The van der Waals surface area contributed by atoms with Gasteiger partial charge in [-0.3, -0.25) is 9.69 Å². The van der Waals surface area contributed by atoms with Crippen LogP contribution in [0.5, 0.6) is 5.75 Å². The number of anilines is 1. The van der Waals surface area contributed by atoms with E-state index in [1.807, 2.05) is 53.9 Å². The molecule has 0 aliphatic carbocycles. The predicted molar refractivity (Wildman–Crippen MR) is 116 cm³/mol. The molecule has 152 valence electrons. The number of hydrogen-bond acceptors (Lipinski definition) is 7. The van der Waals surface area contributed by atoms with Crippen LogP contribution in [0.15, 0.2) is 58.8 Å². The third-order valence-electron chi connectivity index (χ3n) is 5.23. The van der Waals surface area contributed by atoms with E-state index < -0.39 is 10.8 Å². The van der Waals surface area contributed by atoms with Gasteiger partial charge in [0.15, 0.2) is 4.87 Å². The SMILES string of the molecule is COc1ccc(-c2nc(COC(=O)[C@]34CCC(=O)N3c3ccccc3S4)cs2)cc1. The number of rotatable bonds is 5. The smallest absolute Gasteiger partial charge is 0.343 e. The Morgan fingerprint density at radius 1 is 1.20 bits per heavy atom. The Labute approximate surface area is 181 Å². The summed E-state index contributed by atoms with van der Waals surface area (Å²) < 4.78 is 10.8. The molecule has 0 spiro atoms. The van der Waals surface area contributed by atoms with Crippen molar-refractivity contribution in [1.82, 2.24) is 4.98 Å². The van der Waals surface area contributed by atoms with Crippen molar-refractivity contribution in [2.75, 3.05) is 12.0 Å². The first-order chi connectivity index (χ1) is 14.6. The molecular formula is C22H18N2O4S2. The van der Waals surface area contributed by atoms with Gasteiger partial charge >= 0.3 is 5.97 Å². The number of thioether (sulfide) groups is 1. The van der Waals surface area contributed by atoms with E-state index in [0.29, 0.717) is 18.5 Å². The summed E-state index contributed by atoms with van der Waals surface area (Å²) >= 11 is 2.90. The second-order valence-electron chi connectivity index (χ2n) is 7.03. The quantitative estimate of drug-likeness (QED) is 0.547. The first kappa shape index (κ1) is 19.1. The van der Waals surface area contributed by atoms with Gasteiger partial charge in [0.05, 0.1) is 18.5 Å². The van der Waals surface area contributed by atoms with Crippen molar-refractivity contribution in [1.29, 1.82) is 0 Å². The zero-order valence-electron chi connectivity index (χ0n) is 16.2. The number of para-hydroxylation sites is 1. The summed E-state index contributed by atoms with van der Waals surface area (Å²) in [6.45, 7) is 0.0756. The van der Waals surface area contributed by atoms with Crippen molar-refractivity contribution in [3.63, 3.8) is 0 Å². The van der Waals surface area contributed by atoms with Crippen LogP contribution < -0.4 is 9.64 Å². The molecule has 1 aromatic heterocycles. The Bertz CT molecular complexity index is 1130. The number of fused-ring (bicyclic) bond motifs is 3. The first-order valence-corrected chi connectivity index (χ1v) is 11.2. The Balaban J connectivity index is 1.31. The highest BCUT2D eigenvalue weighted by atomic mass is 32.2. The topological polar surface area (TPSA) is 68.7 Å². The summed E-state index contributed by atoms with van der Waals surface area (Å²) in [7, 11) is 1.63. The van der Waals surface area contributed by atoms with Gasteiger partial charge in [-0.2, -0.15) is 0 Å². The number of nitrogens with zero attached hydrogens (tertiary/aromatic N) is 2. The van der Waals surface area contributed by atoms with E-state index in [-0.39, 0.29) is 12.5 Å². The summed E-state index contributed by atoms with van der Waals surface area (Å²) in [5, 5.41) is 2.74. The predicted octanol–water partition coefficient (Wildman–Crippen LogP) is 4.49. The van der Waals surface area contributed by atoms with E-state index >= 15 is 0 Å². The molecule has 5 rings (SSSR count). The molecular weight excluding hydrogens is 420 g/mol. The molecule has 2 aromatic carbocycles. The van der Waals surface area contributed by atoms with Crippen LogP contribution in [-0.2, 0) is 20.9 Å². The molecule has 6 nitrogen and oxygen atoms in total. The fourth-order valence-corrected chi connectivity index (χ4v) is 5.99. The minimum absolute atomic E-state index is 0.0418. The Hall–Kier alpha value is -2.84. The maximum atomic E-state index is 13.1. The summed E-state index contributed by atoms with van der Waals surface area (Å²) in [6, 6.07) is 15.3. The number of hydrogen-bond donors (Lipinski definition) is 0. The fourth-order valence-electron chi connectivity index (χ4n) is 3.76. The van der Waals surface area contributed by atoms with E-state index in [0.717, 1.165) is 26.9 Å². The van der Waals surface area contributed by atoms with Gasteiger partial charge in [0.1, 0.15) is 17.4 Å². The van der Waals surface area contributed by atoms with Gasteiger partial charge in [-0.25, -0.2) is 9.78 Å². The number of carbonyl (C=O) groups is 2. The molecule has 0 bridgehead atoms. The second-order valence-corrected chi connectivity index (χ2v) is 9.21. The van der Waals surface area contributed by atoms with E-state index in [4.69, 9.17) is 9.47 Å². The Morgan fingerprint density at radius 3 is 2.80 bits per heavy atom. The van der Waals surface area contributed by atoms with Gasteiger partial charge in [-0.05, 0) is 36.4 Å². The lowest BCUT2D eigenvalue weighted by molar-refractivity contribution is -0.148. The monoisotopic (exact) mass is 438 g/mol. The fraction of sp³-hybridized carbons (Fsp3) is 0.227. The van der Waals surface area contributed by atoms with Crippen LogP contribution in [0.25, 0.3) is 10.6 Å². The van der Waals surface area contributed by atoms with Gasteiger partial charge < -0.3 is 9.47 Å². The molecule has 30 heavy (non-hydrogen) atoms. The minimum Gasteiger partial charge on any atom is -0.497 e. The Kier molecular flexibility index (Phi) is 4.75. The largest absolute Gasteiger partial charge is 0.497 e. The molecule has 8 heteroatoms. The number of ether oxygens (including phenoxy) is 2. The highest BCUT2D eigenvalue weighted by molar-refractivity contribution is 8.02. The normalized spacial score (nSPS) is 19.5. The molecule has 1 amide bonds. The van der Waals surface area contributed by atoms with Crippen LogP contribution in [0.4, 0.5) is 5.69 Å². The average molecular weight is 439 g/mol. The van der Waals surface area contributed by atoms with Crippen molar-refractivity contribution >= 4 is 40.7 Å². The van der Waals surface area contributed by atoms with Gasteiger partial charge in [0, 0.05) is 28.7 Å². The van der Waals surface area contributed by atoms with Crippen molar-refractivity contribution in [2.24, 2.45) is 0 Å².